The second kappa shape index (κ2) is 8.53. The van der Waals surface area contributed by atoms with Gasteiger partial charge in [0.15, 0.2) is 0 Å². The lowest BCUT2D eigenvalue weighted by molar-refractivity contribution is 0.0955. The van der Waals surface area contributed by atoms with Crippen molar-refractivity contribution in [3.63, 3.8) is 0 Å². The van der Waals surface area contributed by atoms with Crippen molar-refractivity contribution in [2.24, 2.45) is 5.73 Å². The first-order valence-corrected chi connectivity index (χ1v) is 9.45. The van der Waals surface area contributed by atoms with Gasteiger partial charge in [0.05, 0.1) is 5.39 Å². The SMILES string of the molecule is NCCNC(=O)c1ccc(-c2cc3c(NCc4ccccc4)ncnc3[nH]2)cc1. The standard InChI is InChI=1S/C22H22N6O/c23-10-11-24-22(29)17-8-6-16(7-9-17)19-12-18-20(26-14-27-21(18)28-19)25-13-15-4-2-1-3-5-15/h1-9,12,14H,10-11,13,23H2,(H,24,29)(H2,25,26,27,28). The Kier molecular flexibility index (Phi) is 5.49. The van der Waals surface area contributed by atoms with Gasteiger partial charge in [0.25, 0.3) is 5.91 Å². The van der Waals surface area contributed by atoms with Gasteiger partial charge >= 0.3 is 0 Å². The topological polar surface area (TPSA) is 109 Å². The summed E-state index contributed by atoms with van der Waals surface area (Å²) in [5.41, 5.74) is 9.84. The van der Waals surface area contributed by atoms with E-state index in [0.717, 1.165) is 28.1 Å². The highest BCUT2D eigenvalue weighted by molar-refractivity contribution is 5.95. The summed E-state index contributed by atoms with van der Waals surface area (Å²) in [6.45, 7) is 1.56. The number of hydrogen-bond acceptors (Lipinski definition) is 5. The zero-order valence-electron chi connectivity index (χ0n) is 15.9. The van der Waals surface area contributed by atoms with E-state index < -0.39 is 0 Å². The molecule has 4 rings (SSSR count). The molecule has 0 atom stereocenters. The summed E-state index contributed by atoms with van der Waals surface area (Å²) in [5.74, 6) is 0.649. The van der Waals surface area contributed by atoms with Crippen LogP contribution in [-0.4, -0.2) is 33.9 Å². The Labute approximate surface area is 168 Å². The smallest absolute Gasteiger partial charge is 0.251 e. The highest BCUT2D eigenvalue weighted by Crippen LogP contribution is 2.27. The highest BCUT2D eigenvalue weighted by atomic mass is 16.1. The number of hydrogen-bond donors (Lipinski definition) is 4. The molecule has 0 fully saturated rings. The molecule has 0 aliphatic heterocycles. The monoisotopic (exact) mass is 386 g/mol. The largest absolute Gasteiger partial charge is 0.365 e. The lowest BCUT2D eigenvalue weighted by Crippen LogP contribution is -2.28. The maximum atomic E-state index is 12.0. The molecule has 2 aromatic heterocycles. The molecule has 7 heteroatoms. The molecule has 0 aliphatic rings. The number of nitrogens with one attached hydrogen (secondary N) is 3. The van der Waals surface area contributed by atoms with Crippen LogP contribution in [-0.2, 0) is 6.54 Å². The molecular weight excluding hydrogens is 364 g/mol. The van der Waals surface area contributed by atoms with Gasteiger partial charge in [0.1, 0.15) is 17.8 Å². The summed E-state index contributed by atoms with van der Waals surface area (Å²) in [6, 6.07) is 19.6. The molecule has 4 aromatic rings. The Morgan fingerprint density at radius 3 is 2.59 bits per heavy atom. The van der Waals surface area contributed by atoms with Crippen molar-refractivity contribution < 1.29 is 4.79 Å². The fraction of sp³-hybridized carbons (Fsp3) is 0.136. The van der Waals surface area contributed by atoms with Crippen LogP contribution in [0.4, 0.5) is 5.82 Å². The Hall–Kier alpha value is -3.71. The molecule has 0 saturated heterocycles. The number of rotatable bonds is 7. The molecular formula is C22H22N6O. The molecule has 1 amide bonds. The van der Waals surface area contributed by atoms with Gasteiger partial charge in [-0.05, 0) is 29.3 Å². The fourth-order valence-corrected chi connectivity index (χ4v) is 3.11. The van der Waals surface area contributed by atoms with E-state index in [-0.39, 0.29) is 5.91 Å². The number of carbonyl (C=O) groups excluding carboxylic acids is 1. The van der Waals surface area contributed by atoms with Crippen LogP contribution in [0.5, 0.6) is 0 Å². The van der Waals surface area contributed by atoms with Gasteiger partial charge < -0.3 is 21.4 Å². The van der Waals surface area contributed by atoms with Gasteiger partial charge in [-0.2, -0.15) is 0 Å². The maximum absolute atomic E-state index is 12.0. The Morgan fingerprint density at radius 2 is 1.83 bits per heavy atom. The van der Waals surface area contributed by atoms with Gasteiger partial charge in [0, 0.05) is 30.9 Å². The number of amides is 1. The predicted molar refractivity (Wildman–Crippen MR) is 114 cm³/mol. The number of benzene rings is 2. The number of H-pyrrole nitrogens is 1. The van der Waals surface area contributed by atoms with Crippen LogP contribution in [0.3, 0.4) is 0 Å². The van der Waals surface area contributed by atoms with Gasteiger partial charge in [0.2, 0.25) is 0 Å². The number of aromatic amines is 1. The minimum atomic E-state index is -0.128. The third-order valence-electron chi connectivity index (χ3n) is 4.62. The molecule has 0 spiro atoms. The molecule has 0 bridgehead atoms. The summed E-state index contributed by atoms with van der Waals surface area (Å²) in [7, 11) is 0. The first-order valence-electron chi connectivity index (χ1n) is 9.45. The zero-order valence-corrected chi connectivity index (χ0v) is 15.9. The Balaban J connectivity index is 1.55. The van der Waals surface area contributed by atoms with Crippen LogP contribution in [0, 0.1) is 0 Å². The predicted octanol–water partition coefficient (Wildman–Crippen LogP) is 2.93. The number of nitrogens with zero attached hydrogens (tertiary/aromatic N) is 2. The second-order valence-electron chi connectivity index (χ2n) is 6.63. The minimum Gasteiger partial charge on any atom is -0.365 e. The van der Waals surface area contributed by atoms with E-state index in [1.54, 1.807) is 18.5 Å². The zero-order chi connectivity index (χ0) is 20.1. The van der Waals surface area contributed by atoms with Crippen molar-refractivity contribution in [3.8, 4) is 11.3 Å². The van der Waals surface area contributed by atoms with Gasteiger partial charge in [-0.1, -0.05) is 42.5 Å². The first kappa shape index (κ1) is 18.6. The average molecular weight is 386 g/mol. The van der Waals surface area contributed by atoms with Crippen LogP contribution in [0.2, 0.25) is 0 Å². The molecule has 0 unspecified atom stereocenters. The number of anilines is 1. The van der Waals surface area contributed by atoms with Crippen LogP contribution in [0.15, 0.2) is 67.0 Å². The van der Waals surface area contributed by atoms with E-state index in [0.29, 0.717) is 25.2 Å². The van der Waals surface area contributed by atoms with Crippen molar-refractivity contribution in [2.75, 3.05) is 18.4 Å². The molecule has 146 valence electrons. The number of carbonyl (C=O) groups is 1. The van der Waals surface area contributed by atoms with Crippen molar-refractivity contribution in [1.29, 1.82) is 0 Å². The van der Waals surface area contributed by atoms with E-state index in [4.69, 9.17) is 5.73 Å². The molecule has 7 nitrogen and oxygen atoms in total. The van der Waals surface area contributed by atoms with Crippen LogP contribution in [0.25, 0.3) is 22.3 Å². The molecule has 29 heavy (non-hydrogen) atoms. The van der Waals surface area contributed by atoms with Crippen LogP contribution >= 0.6 is 0 Å². The van der Waals surface area contributed by atoms with Crippen molar-refractivity contribution in [3.05, 3.63) is 78.1 Å². The van der Waals surface area contributed by atoms with Crippen molar-refractivity contribution in [1.82, 2.24) is 20.3 Å². The fourth-order valence-electron chi connectivity index (χ4n) is 3.11. The van der Waals surface area contributed by atoms with Gasteiger partial charge in [-0.3, -0.25) is 4.79 Å². The second-order valence-corrected chi connectivity index (χ2v) is 6.63. The minimum absolute atomic E-state index is 0.128. The van der Waals surface area contributed by atoms with E-state index in [1.165, 1.54) is 5.56 Å². The molecule has 2 aromatic carbocycles. The summed E-state index contributed by atoms with van der Waals surface area (Å²) >= 11 is 0. The van der Waals surface area contributed by atoms with Crippen LogP contribution in [0.1, 0.15) is 15.9 Å². The summed E-state index contributed by atoms with van der Waals surface area (Å²) < 4.78 is 0. The first-order chi connectivity index (χ1) is 14.2. The lowest BCUT2D eigenvalue weighted by atomic mass is 10.1. The molecule has 2 heterocycles. The molecule has 0 aliphatic carbocycles. The van der Waals surface area contributed by atoms with E-state index in [2.05, 4.69) is 37.7 Å². The van der Waals surface area contributed by atoms with Gasteiger partial charge in [-0.25, -0.2) is 9.97 Å². The quantitative estimate of drug-likeness (QED) is 0.390. The average Bonchev–Trinajstić information content (AvgIpc) is 3.22. The number of aromatic nitrogens is 3. The van der Waals surface area contributed by atoms with E-state index in [9.17, 15) is 4.79 Å². The number of fused-ring (bicyclic) bond motifs is 1. The third-order valence-corrected chi connectivity index (χ3v) is 4.62. The van der Waals surface area contributed by atoms with Crippen molar-refractivity contribution >= 4 is 22.8 Å². The van der Waals surface area contributed by atoms with Gasteiger partial charge in [-0.15, -0.1) is 0 Å². The van der Waals surface area contributed by atoms with E-state index in [1.807, 2.05) is 36.4 Å². The molecule has 5 N–H and O–H groups in total. The normalized spacial score (nSPS) is 10.8. The molecule has 0 saturated carbocycles. The van der Waals surface area contributed by atoms with Crippen LogP contribution < -0.4 is 16.4 Å². The van der Waals surface area contributed by atoms with E-state index >= 15 is 0 Å². The summed E-state index contributed by atoms with van der Waals surface area (Å²) in [6.07, 6.45) is 1.54. The summed E-state index contributed by atoms with van der Waals surface area (Å²) in [4.78, 5) is 24.1. The molecule has 0 radical (unpaired) electrons. The number of nitrogens with two attached hydrogens (primary N) is 1. The third kappa shape index (κ3) is 4.25. The lowest BCUT2D eigenvalue weighted by Gasteiger charge is -2.06. The van der Waals surface area contributed by atoms with Crippen molar-refractivity contribution in [2.45, 2.75) is 6.54 Å². The summed E-state index contributed by atoms with van der Waals surface area (Å²) in [5, 5.41) is 7.06. The Bertz CT molecular complexity index is 1110. The maximum Gasteiger partial charge on any atom is 0.251 e. The Morgan fingerprint density at radius 1 is 1.03 bits per heavy atom. The highest BCUT2D eigenvalue weighted by Gasteiger charge is 2.10.